The van der Waals surface area contributed by atoms with Crippen LogP contribution < -0.4 is 0 Å². The van der Waals surface area contributed by atoms with Crippen molar-refractivity contribution in [3.8, 4) is 0 Å². The second-order valence-corrected chi connectivity index (χ2v) is 4.21. The number of carbonyl (C=O) groups is 1. The summed E-state index contributed by atoms with van der Waals surface area (Å²) in [5, 5.41) is 28.8. The predicted molar refractivity (Wildman–Crippen MR) is 65.0 cm³/mol. The highest BCUT2D eigenvalue weighted by Gasteiger charge is 2.23. The van der Waals surface area contributed by atoms with Crippen LogP contribution in [0.1, 0.15) is 23.7 Å². The van der Waals surface area contributed by atoms with Crippen LogP contribution in [0.15, 0.2) is 18.2 Å². The highest BCUT2D eigenvalue weighted by atomic mass is 35.5. The molecule has 0 saturated heterocycles. The minimum absolute atomic E-state index is 0.204. The maximum atomic E-state index is 11.0. The molecular weight excluding hydrogens is 260 g/mol. The number of hydrogen-bond donors (Lipinski definition) is 3. The third kappa shape index (κ3) is 3.68. The zero-order valence-electron chi connectivity index (χ0n) is 9.84. The van der Waals surface area contributed by atoms with Crippen molar-refractivity contribution in [2.24, 2.45) is 0 Å². The average Bonchev–Trinajstić information content (AvgIpc) is 2.38. The normalized spacial score (nSPS) is 14.1. The van der Waals surface area contributed by atoms with Gasteiger partial charge < -0.3 is 20.1 Å². The standard InChI is InChI=1S/C12H15ClO5/c1-18-11(16)5-10(15)12(17)8-4-7(6-14)2-3-9(8)13/h2-4,10,12,14-15,17H,5-6H2,1H3. The van der Waals surface area contributed by atoms with Crippen LogP contribution in [0.2, 0.25) is 5.02 Å². The van der Waals surface area contributed by atoms with Crippen LogP contribution in [0, 0.1) is 0 Å². The molecule has 0 aliphatic heterocycles. The van der Waals surface area contributed by atoms with E-state index in [4.69, 9.17) is 16.7 Å². The zero-order chi connectivity index (χ0) is 13.7. The van der Waals surface area contributed by atoms with Gasteiger partial charge in [-0.25, -0.2) is 0 Å². The Bertz CT molecular complexity index is 421. The quantitative estimate of drug-likeness (QED) is 0.691. The van der Waals surface area contributed by atoms with Gasteiger partial charge in [0.1, 0.15) is 6.10 Å². The lowest BCUT2D eigenvalue weighted by Crippen LogP contribution is -2.23. The van der Waals surface area contributed by atoms with Gasteiger partial charge in [-0.3, -0.25) is 4.79 Å². The molecule has 0 aliphatic rings. The minimum atomic E-state index is -1.32. The number of hydrogen-bond acceptors (Lipinski definition) is 5. The first-order chi connectivity index (χ1) is 8.49. The molecule has 5 nitrogen and oxygen atoms in total. The molecule has 0 spiro atoms. The molecule has 1 aromatic rings. The van der Waals surface area contributed by atoms with E-state index in [1.165, 1.54) is 19.2 Å². The van der Waals surface area contributed by atoms with Crippen LogP contribution in [0.25, 0.3) is 0 Å². The second-order valence-electron chi connectivity index (χ2n) is 3.81. The molecule has 3 N–H and O–H groups in total. The Labute approximate surface area is 110 Å². The van der Waals surface area contributed by atoms with E-state index in [0.717, 1.165) is 0 Å². The van der Waals surface area contributed by atoms with E-state index in [2.05, 4.69) is 4.74 Å². The first-order valence-corrected chi connectivity index (χ1v) is 5.69. The summed E-state index contributed by atoms with van der Waals surface area (Å²) in [5.41, 5.74) is 0.818. The van der Waals surface area contributed by atoms with Crippen molar-refractivity contribution in [3.63, 3.8) is 0 Å². The molecular formula is C12H15ClO5. The number of halogens is 1. The van der Waals surface area contributed by atoms with Gasteiger partial charge in [0.25, 0.3) is 0 Å². The number of ether oxygens (including phenoxy) is 1. The summed E-state index contributed by atoms with van der Waals surface area (Å²) < 4.78 is 4.40. The molecule has 1 aromatic carbocycles. The number of rotatable bonds is 5. The van der Waals surface area contributed by atoms with Crippen molar-refractivity contribution in [2.45, 2.75) is 25.2 Å². The van der Waals surface area contributed by atoms with Crippen LogP contribution in [-0.4, -0.2) is 34.5 Å². The molecule has 0 saturated carbocycles. The van der Waals surface area contributed by atoms with Crippen molar-refractivity contribution in [1.29, 1.82) is 0 Å². The highest BCUT2D eigenvalue weighted by Crippen LogP contribution is 2.27. The smallest absolute Gasteiger partial charge is 0.308 e. The van der Waals surface area contributed by atoms with Crippen molar-refractivity contribution in [3.05, 3.63) is 34.3 Å². The van der Waals surface area contributed by atoms with E-state index >= 15 is 0 Å². The van der Waals surface area contributed by atoms with Crippen molar-refractivity contribution in [2.75, 3.05) is 7.11 Å². The Balaban J connectivity index is 2.88. The lowest BCUT2D eigenvalue weighted by atomic mass is 10.00. The number of benzene rings is 1. The molecule has 0 fully saturated rings. The molecule has 0 bridgehead atoms. The topological polar surface area (TPSA) is 87.0 Å². The molecule has 0 aliphatic carbocycles. The van der Waals surface area contributed by atoms with Gasteiger partial charge in [-0.05, 0) is 17.7 Å². The third-order valence-electron chi connectivity index (χ3n) is 2.53. The molecule has 0 heterocycles. The summed E-state index contributed by atoms with van der Waals surface area (Å²) in [5.74, 6) is -0.629. The van der Waals surface area contributed by atoms with Crippen molar-refractivity contribution < 1.29 is 24.9 Å². The summed E-state index contributed by atoms with van der Waals surface area (Å²) in [6, 6.07) is 4.59. The Morgan fingerprint density at radius 1 is 1.44 bits per heavy atom. The lowest BCUT2D eigenvalue weighted by molar-refractivity contribution is -0.144. The lowest BCUT2D eigenvalue weighted by Gasteiger charge is -2.18. The monoisotopic (exact) mass is 274 g/mol. The van der Waals surface area contributed by atoms with Crippen LogP contribution in [0.4, 0.5) is 0 Å². The van der Waals surface area contributed by atoms with E-state index in [-0.39, 0.29) is 23.6 Å². The molecule has 100 valence electrons. The number of carbonyl (C=O) groups excluding carboxylic acids is 1. The highest BCUT2D eigenvalue weighted by molar-refractivity contribution is 6.31. The fourth-order valence-corrected chi connectivity index (χ4v) is 1.72. The Morgan fingerprint density at radius 3 is 2.67 bits per heavy atom. The van der Waals surface area contributed by atoms with Gasteiger partial charge in [-0.15, -0.1) is 0 Å². The van der Waals surface area contributed by atoms with Gasteiger partial charge in [0.05, 0.1) is 26.2 Å². The SMILES string of the molecule is COC(=O)CC(O)C(O)c1cc(CO)ccc1Cl. The minimum Gasteiger partial charge on any atom is -0.469 e. The number of esters is 1. The van der Waals surface area contributed by atoms with E-state index in [0.29, 0.717) is 5.56 Å². The molecule has 0 aromatic heterocycles. The maximum Gasteiger partial charge on any atom is 0.308 e. The van der Waals surface area contributed by atoms with Gasteiger partial charge in [-0.2, -0.15) is 0 Å². The zero-order valence-corrected chi connectivity index (χ0v) is 10.6. The molecule has 0 amide bonds. The van der Waals surface area contributed by atoms with Crippen molar-refractivity contribution in [1.82, 2.24) is 0 Å². The van der Waals surface area contributed by atoms with E-state index in [9.17, 15) is 15.0 Å². The van der Waals surface area contributed by atoms with Crippen LogP contribution in [0.5, 0.6) is 0 Å². The molecule has 2 atom stereocenters. The average molecular weight is 275 g/mol. The first-order valence-electron chi connectivity index (χ1n) is 5.31. The fraction of sp³-hybridized carbons (Fsp3) is 0.417. The number of aliphatic hydroxyl groups excluding tert-OH is 3. The summed E-state index contributed by atoms with van der Waals surface area (Å²) >= 11 is 5.89. The number of methoxy groups -OCH3 is 1. The van der Waals surface area contributed by atoms with Crippen LogP contribution in [-0.2, 0) is 16.1 Å². The number of aliphatic hydroxyl groups is 3. The third-order valence-corrected chi connectivity index (χ3v) is 2.87. The van der Waals surface area contributed by atoms with Crippen LogP contribution >= 0.6 is 11.6 Å². The summed E-state index contributed by atoms with van der Waals surface area (Å²) in [6.07, 6.45) is -2.97. The summed E-state index contributed by atoms with van der Waals surface area (Å²) in [7, 11) is 1.20. The van der Waals surface area contributed by atoms with Crippen molar-refractivity contribution >= 4 is 17.6 Å². The van der Waals surface area contributed by atoms with E-state index < -0.39 is 18.2 Å². The Morgan fingerprint density at radius 2 is 2.11 bits per heavy atom. The van der Waals surface area contributed by atoms with Crippen LogP contribution in [0.3, 0.4) is 0 Å². The van der Waals surface area contributed by atoms with Gasteiger partial charge >= 0.3 is 5.97 Å². The van der Waals surface area contributed by atoms with Gasteiger partial charge in [-0.1, -0.05) is 17.7 Å². The molecule has 18 heavy (non-hydrogen) atoms. The molecule has 2 unspecified atom stereocenters. The molecule has 6 heteroatoms. The Hall–Kier alpha value is -1.14. The van der Waals surface area contributed by atoms with Gasteiger partial charge in [0.15, 0.2) is 0 Å². The van der Waals surface area contributed by atoms with E-state index in [1.54, 1.807) is 6.07 Å². The predicted octanol–water partition coefficient (Wildman–Crippen LogP) is 0.790. The maximum absolute atomic E-state index is 11.0. The molecule has 1 rings (SSSR count). The fourth-order valence-electron chi connectivity index (χ4n) is 1.49. The summed E-state index contributed by atoms with van der Waals surface area (Å²) in [6.45, 7) is -0.204. The van der Waals surface area contributed by atoms with Gasteiger partial charge in [0, 0.05) is 10.6 Å². The largest absolute Gasteiger partial charge is 0.469 e. The van der Waals surface area contributed by atoms with E-state index in [1.807, 2.05) is 0 Å². The molecule has 0 radical (unpaired) electrons. The first kappa shape index (κ1) is 14.9. The van der Waals surface area contributed by atoms with Gasteiger partial charge in [0.2, 0.25) is 0 Å². The second kappa shape index (κ2) is 6.70. The summed E-state index contributed by atoms with van der Waals surface area (Å²) in [4.78, 5) is 11.0. The Kier molecular flexibility index (Phi) is 5.55.